The normalized spacial score (nSPS) is 26.2. The number of benzene rings is 1. The third-order valence-corrected chi connectivity index (χ3v) is 4.27. The van der Waals surface area contributed by atoms with Gasteiger partial charge in [-0.1, -0.05) is 30.4 Å². The SMILES string of the molecule is C=CC[C@H]1[C@@H](O)CC[C@@H]1/C=C/[C@@H](O)COc1cccc(C)c1. The van der Waals surface area contributed by atoms with Crippen molar-refractivity contribution in [1.29, 1.82) is 0 Å². The summed E-state index contributed by atoms with van der Waals surface area (Å²) in [5.74, 6) is 1.30. The van der Waals surface area contributed by atoms with Crippen molar-refractivity contribution >= 4 is 0 Å². The maximum atomic E-state index is 10.0. The average molecular weight is 302 g/mol. The first-order valence-corrected chi connectivity index (χ1v) is 7.95. The third-order valence-electron chi connectivity index (χ3n) is 4.27. The van der Waals surface area contributed by atoms with Gasteiger partial charge in [0.05, 0.1) is 6.10 Å². The Bertz CT molecular complexity index is 509. The molecule has 22 heavy (non-hydrogen) atoms. The fourth-order valence-electron chi connectivity index (χ4n) is 3.05. The molecule has 0 bridgehead atoms. The maximum Gasteiger partial charge on any atom is 0.119 e. The lowest BCUT2D eigenvalue weighted by molar-refractivity contribution is 0.124. The van der Waals surface area contributed by atoms with Gasteiger partial charge in [0.15, 0.2) is 0 Å². The number of ether oxygens (including phenoxy) is 1. The molecule has 2 rings (SSSR count). The van der Waals surface area contributed by atoms with Gasteiger partial charge < -0.3 is 14.9 Å². The van der Waals surface area contributed by atoms with E-state index in [9.17, 15) is 10.2 Å². The Morgan fingerprint density at radius 3 is 2.95 bits per heavy atom. The van der Waals surface area contributed by atoms with Crippen molar-refractivity contribution in [3.8, 4) is 5.75 Å². The monoisotopic (exact) mass is 302 g/mol. The molecule has 3 nitrogen and oxygen atoms in total. The summed E-state index contributed by atoms with van der Waals surface area (Å²) in [4.78, 5) is 0. The van der Waals surface area contributed by atoms with E-state index in [-0.39, 0.29) is 18.6 Å². The van der Waals surface area contributed by atoms with Gasteiger partial charge in [-0.05, 0) is 55.7 Å². The number of allylic oxidation sites excluding steroid dienone is 2. The van der Waals surface area contributed by atoms with Crippen molar-refractivity contribution in [2.75, 3.05) is 6.61 Å². The predicted molar refractivity (Wildman–Crippen MR) is 88.9 cm³/mol. The number of hydrogen-bond donors (Lipinski definition) is 2. The minimum absolute atomic E-state index is 0.221. The van der Waals surface area contributed by atoms with Crippen molar-refractivity contribution in [3.05, 3.63) is 54.6 Å². The second kappa shape index (κ2) is 8.16. The highest BCUT2D eigenvalue weighted by atomic mass is 16.5. The van der Waals surface area contributed by atoms with E-state index in [2.05, 4.69) is 6.58 Å². The topological polar surface area (TPSA) is 49.7 Å². The number of aliphatic hydroxyl groups excluding tert-OH is 2. The minimum Gasteiger partial charge on any atom is -0.491 e. The lowest BCUT2D eigenvalue weighted by atomic mass is 9.91. The standard InChI is InChI=1S/C19H26O3/c1-3-5-18-15(9-11-19(18)21)8-10-16(20)13-22-17-7-4-6-14(2)12-17/h3-4,6-8,10,12,15-16,18-21H,1,5,9,11,13H2,2H3/b10-8+/t15-,16+,18+,19-/m0/s1. The zero-order valence-corrected chi connectivity index (χ0v) is 13.2. The summed E-state index contributed by atoms with van der Waals surface area (Å²) in [7, 11) is 0. The summed E-state index contributed by atoms with van der Waals surface area (Å²) in [5, 5.41) is 20.0. The van der Waals surface area contributed by atoms with Gasteiger partial charge in [0, 0.05) is 0 Å². The van der Waals surface area contributed by atoms with Crippen LogP contribution in [-0.2, 0) is 0 Å². The van der Waals surface area contributed by atoms with Crippen molar-refractivity contribution in [1.82, 2.24) is 0 Å². The Hall–Kier alpha value is -1.58. The van der Waals surface area contributed by atoms with Gasteiger partial charge in [0.2, 0.25) is 0 Å². The molecule has 0 amide bonds. The zero-order valence-electron chi connectivity index (χ0n) is 13.2. The van der Waals surface area contributed by atoms with Crippen molar-refractivity contribution in [3.63, 3.8) is 0 Å². The lowest BCUT2D eigenvalue weighted by Gasteiger charge is -2.18. The summed E-state index contributed by atoms with van der Waals surface area (Å²) in [6.07, 6.45) is 7.37. The van der Waals surface area contributed by atoms with E-state index in [0.717, 1.165) is 30.6 Å². The first kappa shape index (κ1) is 16.8. The Morgan fingerprint density at radius 2 is 2.23 bits per heavy atom. The third kappa shape index (κ3) is 4.72. The molecule has 1 fully saturated rings. The Balaban J connectivity index is 1.83. The van der Waals surface area contributed by atoms with Gasteiger partial charge in [0.1, 0.15) is 18.5 Å². The van der Waals surface area contributed by atoms with Crippen LogP contribution in [0.1, 0.15) is 24.8 Å². The largest absolute Gasteiger partial charge is 0.491 e. The summed E-state index contributed by atoms with van der Waals surface area (Å²) in [5.41, 5.74) is 1.13. The summed E-state index contributed by atoms with van der Waals surface area (Å²) < 4.78 is 5.59. The second-order valence-electron chi connectivity index (χ2n) is 6.08. The van der Waals surface area contributed by atoms with E-state index in [1.165, 1.54) is 0 Å². The molecule has 4 atom stereocenters. The molecule has 0 radical (unpaired) electrons. The van der Waals surface area contributed by atoms with Gasteiger partial charge in [-0.3, -0.25) is 0 Å². The molecule has 1 aromatic rings. The average Bonchev–Trinajstić information content (AvgIpc) is 2.84. The molecule has 0 aromatic heterocycles. The first-order chi connectivity index (χ1) is 10.6. The lowest BCUT2D eigenvalue weighted by Crippen LogP contribution is -2.19. The van der Waals surface area contributed by atoms with E-state index in [4.69, 9.17) is 4.74 Å². The molecule has 1 aliphatic carbocycles. The molecule has 1 aliphatic rings. The predicted octanol–water partition coefficient (Wildman–Crippen LogP) is 3.25. The highest BCUT2D eigenvalue weighted by Crippen LogP contribution is 2.35. The molecule has 0 unspecified atom stereocenters. The fraction of sp³-hybridized carbons (Fsp3) is 0.474. The van der Waals surface area contributed by atoms with Crippen LogP contribution < -0.4 is 4.74 Å². The number of aryl methyl sites for hydroxylation is 1. The van der Waals surface area contributed by atoms with Gasteiger partial charge in [-0.15, -0.1) is 6.58 Å². The molecule has 2 N–H and O–H groups in total. The van der Waals surface area contributed by atoms with Crippen LogP contribution in [0.25, 0.3) is 0 Å². The molecule has 0 saturated heterocycles. The van der Waals surface area contributed by atoms with Gasteiger partial charge in [-0.2, -0.15) is 0 Å². The highest BCUT2D eigenvalue weighted by molar-refractivity contribution is 5.27. The van der Waals surface area contributed by atoms with Crippen LogP contribution in [0.2, 0.25) is 0 Å². The van der Waals surface area contributed by atoms with Gasteiger partial charge in [0.25, 0.3) is 0 Å². The van der Waals surface area contributed by atoms with Crippen LogP contribution in [0.3, 0.4) is 0 Å². The van der Waals surface area contributed by atoms with Crippen LogP contribution in [-0.4, -0.2) is 29.0 Å². The summed E-state index contributed by atoms with van der Waals surface area (Å²) in [6, 6.07) is 7.78. The van der Waals surface area contributed by atoms with E-state index in [1.54, 1.807) is 6.08 Å². The molecular weight excluding hydrogens is 276 g/mol. The number of aliphatic hydroxyl groups is 2. The Labute approximate surface area is 132 Å². The van der Waals surface area contributed by atoms with E-state index in [1.807, 2.05) is 43.3 Å². The van der Waals surface area contributed by atoms with E-state index in [0.29, 0.717) is 5.92 Å². The molecule has 1 aromatic carbocycles. The van der Waals surface area contributed by atoms with Gasteiger partial charge >= 0.3 is 0 Å². The maximum absolute atomic E-state index is 10.0. The minimum atomic E-state index is -0.636. The van der Waals surface area contributed by atoms with Crippen LogP contribution in [0.15, 0.2) is 49.1 Å². The fourth-order valence-corrected chi connectivity index (χ4v) is 3.05. The Morgan fingerprint density at radius 1 is 1.41 bits per heavy atom. The molecule has 0 aliphatic heterocycles. The Kier molecular flexibility index (Phi) is 6.22. The summed E-state index contributed by atoms with van der Waals surface area (Å²) in [6.45, 7) is 6.00. The first-order valence-electron chi connectivity index (χ1n) is 7.95. The van der Waals surface area contributed by atoms with Crippen LogP contribution >= 0.6 is 0 Å². The summed E-state index contributed by atoms with van der Waals surface area (Å²) >= 11 is 0. The zero-order chi connectivity index (χ0) is 15.9. The molecule has 0 spiro atoms. The quantitative estimate of drug-likeness (QED) is 0.760. The number of hydrogen-bond acceptors (Lipinski definition) is 3. The smallest absolute Gasteiger partial charge is 0.119 e. The van der Waals surface area contributed by atoms with E-state index < -0.39 is 6.10 Å². The molecule has 0 heterocycles. The van der Waals surface area contributed by atoms with Crippen LogP contribution in [0.5, 0.6) is 5.75 Å². The van der Waals surface area contributed by atoms with E-state index >= 15 is 0 Å². The highest BCUT2D eigenvalue weighted by Gasteiger charge is 2.32. The number of rotatable bonds is 7. The van der Waals surface area contributed by atoms with Crippen molar-refractivity contribution in [2.45, 2.75) is 38.4 Å². The van der Waals surface area contributed by atoms with Crippen LogP contribution in [0.4, 0.5) is 0 Å². The van der Waals surface area contributed by atoms with Gasteiger partial charge in [-0.25, -0.2) is 0 Å². The molecule has 3 heteroatoms. The van der Waals surface area contributed by atoms with Crippen LogP contribution in [0, 0.1) is 18.8 Å². The second-order valence-corrected chi connectivity index (χ2v) is 6.08. The molecular formula is C19H26O3. The van der Waals surface area contributed by atoms with Crippen molar-refractivity contribution in [2.24, 2.45) is 11.8 Å². The molecule has 120 valence electrons. The van der Waals surface area contributed by atoms with Crippen molar-refractivity contribution < 1.29 is 14.9 Å². The molecule has 1 saturated carbocycles.